The Bertz CT molecular complexity index is 1560. The average Bonchev–Trinajstić information content (AvgIpc) is 2.87. The standard InChI is InChI=1S/C27H18BrN3O7/c1-16-4-2-6-20(12-16)30-26(34)22(25(33)29-27(30)35)15-18-14-19(28)9-10-23(18)38-24(32)11-8-17-5-3-7-21(13-17)31(36)37/h2-15H,1H3,(H,29,33,35)/b11-8+,22-15-. The number of nitrogens with zero attached hydrogens (tertiary/aromatic N) is 2. The van der Waals surface area contributed by atoms with Crippen molar-refractivity contribution in [1.82, 2.24) is 5.32 Å². The molecule has 1 saturated heterocycles. The van der Waals surface area contributed by atoms with Gasteiger partial charge in [-0.05, 0) is 60.5 Å². The number of benzene rings is 3. The van der Waals surface area contributed by atoms with E-state index >= 15 is 0 Å². The van der Waals surface area contributed by atoms with Gasteiger partial charge in [0.05, 0.1) is 10.6 Å². The summed E-state index contributed by atoms with van der Waals surface area (Å²) in [5.74, 6) is -2.50. The Morgan fingerprint density at radius 1 is 1.05 bits per heavy atom. The van der Waals surface area contributed by atoms with Gasteiger partial charge >= 0.3 is 12.0 Å². The summed E-state index contributed by atoms with van der Waals surface area (Å²) in [5, 5.41) is 13.1. The molecule has 1 fully saturated rings. The smallest absolute Gasteiger partial charge is 0.336 e. The fraction of sp³-hybridized carbons (Fsp3) is 0.0370. The van der Waals surface area contributed by atoms with Crippen LogP contribution in [0.1, 0.15) is 16.7 Å². The number of barbiturate groups is 1. The summed E-state index contributed by atoms with van der Waals surface area (Å²) in [4.78, 5) is 62.0. The number of hydrogen-bond donors (Lipinski definition) is 1. The third-order valence-electron chi connectivity index (χ3n) is 5.34. The summed E-state index contributed by atoms with van der Waals surface area (Å²) >= 11 is 3.31. The van der Waals surface area contributed by atoms with E-state index in [1.54, 1.807) is 43.3 Å². The summed E-state index contributed by atoms with van der Waals surface area (Å²) in [6, 6.07) is 16.1. The van der Waals surface area contributed by atoms with Gasteiger partial charge in [-0.3, -0.25) is 25.0 Å². The van der Waals surface area contributed by atoms with Gasteiger partial charge in [0, 0.05) is 28.2 Å². The second-order valence-corrected chi connectivity index (χ2v) is 9.00. The lowest BCUT2D eigenvalue weighted by Crippen LogP contribution is -2.54. The van der Waals surface area contributed by atoms with E-state index in [0.717, 1.165) is 16.5 Å². The van der Waals surface area contributed by atoms with Crippen LogP contribution in [0.2, 0.25) is 0 Å². The second kappa shape index (κ2) is 11.0. The van der Waals surface area contributed by atoms with Crippen molar-refractivity contribution >= 4 is 63.3 Å². The van der Waals surface area contributed by atoms with E-state index in [4.69, 9.17) is 4.74 Å². The normalized spacial score (nSPS) is 14.6. The van der Waals surface area contributed by atoms with E-state index in [-0.39, 0.29) is 28.3 Å². The molecule has 1 N–H and O–H groups in total. The lowest BCUT2D eigenvalue weighted by molar-refractivity contribution is -0.384. The predicted molar refractivity (Wildman–Crippen MR) is 142 cm³/mol. The first-order chi connectivity index (χ1) is 18.1. The minimum Gasteiger partial charge on any atom is -0.423 e. The molecular formula is C27H18BrN3O7. The van der Waals surface area contributed by atoms with Crippen LogP contribution in [0.5, 0.6) is 5.75 Å². The van der Waals surface area contributed by atoms with Crippen molar-refractivity contribution in [2.24, 2.45) is 0 Å². The summed E-state index contributed by atoms with van der Waals surface area (Å²) in [5.41, 5.74) is 1.26. The number of aryl methyl sites for hydroxylation is 1. The molecule has 0 spiro atoms. The molecular weight excluding hydrogens is 558 g/mol. The van der Waals surface area contributed by atoms with Gasteiger partial charge in [-0.2, -0.15) is 0 Å². The van der Waals surface area contributed by atoms with Crippen LogP contribution in [-0.4, -0.2) is 28.7 Å². The molecule has 0 atom stereocenters. The molecule has 0 bridgehead atoms. The zero-order valence-electron chi connectivity index (χ0n) is 19.7. The van der Waals surface area contributed by atoms with Crippen LogP contribution < -0.4 is 15.0 Å². The van der Waals surface area contributed by atoms with Gasteiger partial charge in [0.1, 0.15) is 11.3 Å². The molecule has 190 valence electrons. The lowest BCUT2D eigenvalue weighted by Gasteiger charge is -2.26. The molecule has 1 aliphatic rings. The molecule has 3 aromatic rings. The summed E-state index contributed by atoms with van der Waals surface area (Å²) < 4.78 is 5.99. The van der Waals surface area contributed by atoms with E-state index in [9.17, 15) is 29.3 Å². The molecule has 10 nitrogen and oxygen atoms in total. The molecule has 4 rings (SSSR count). The van der Waals surface area contributed by atoms with Crippen LogP contribution >= 0.6 is 15.9 Å². The fourth-order valence-electron chi connectivity index (χ4n) is 3.59. The number of amides is 4. The molecule has 38 heavy (non-hydrogen) atoms. The third kappa shape index (κ3) is 5.90. The maximum Gasteiger partial charge on any atom is 0.336 e. The van der Waals surface area contributed by atoms with Crippen LogP contribution in [-0.2, 0) is 14.4 Å². The van der Waals surface area contributed by atoms with E-state index in [0.29, 0.717) is 10.0 Å². The molecule has 11 heteroatoms. The number of rotatable bonds is 6. The number of carbonyl (C=O) groups excluding carboxylic acids is 4. The lowest BCUT2D eigenvalue weighted by atomic mass is 10.1. The Morgan fingerprint density at radius 2 is 1.82 bits per heavy atom. The highest BCUT2D eigenvalue weighted by Crippen LogP contribution is 2.28. The topological polar surface area (TPSA) is 136 Å². The van der Waals surface area contributed by atoms with Gasteiger partial charge in [-0.15, -0.1) is 0 Å². The Hall–Kier alpha value is -4.90. The third-order valence-corrected chi connectivity index (χ3v) is 5.83. The van der Waals surface area contributed by atoms with Crippen molar-refractivity contribution < 1.29 is 28.8 Å². The average molecular weight is 576 g/mol. The van der Waals surface area contributed by atoms with Gasteiger partial charge in [0.25, 0.3) is 17.5 Å². The molecule has 1 heterocycles. The van der Waals surface area contributed by atoms with Crippen molar-refractivity contribution in [2.75, 3.05) is 4.90 Å². The number of hydrogen-bond acceptors (Lipinski definition) is 7. The van der Waals surface area contributed by atoms with Crippen molar-refractivity contribution in [3.05, 3.63) is 110 Å². The quantitative estimate of drug-likeness (QED) is 0.110. The summed E-state index contributed by atoms with van der Waals surface area (Å²) in [6.45, 7) is 1.80. The number of urea groups is 1. The number of ether oxygens (including phenoxy) is 1. The van der Waals surface area contributed by atoms with Crippen LogP contribution in [0, 0.1) is 17.0 Å². The van der Waals surface area contributed by atoms with Crippen molar-refractivity contribution in [3.8, 4) is 5.75 Å². The maximum atomic E-state index is 13.2. The van der Waals surface area contributed by atoms with Crippen molar-refractivity contribution in [1.29, 1.82) is 0 Å². The van der Waals surface area contributed by atoms with E-state index < -0.39 is 28.7 Å². The minimum absolute atomic E-state index is 0.0361. The van der Waals surface area contributed by atoms with Crippen LogP contribution in [0.4, 0.5) is 16.2 Å². The van der Waals surface area contributed by atoms with Crippen LogP contribution in [0.3, 0.4) is 0 Å². The number of anilines is 1. The number of imide groups is 2. The number of nitrogens with one attached hydrogen (secondary N) is 1. The Morgan fingerprint density at radius 3 is 2.55 bits per heavy atom. The second-order valence-electron chi connectivity index (χ2n) is 8.09. The number of non-ortho nitro benzene ring substituents is 1. The highest BCUT2D eigenvalue weighted by Gasteiger charge is 2.37. The molecule has 0 aromatic heterocycles. The molecule has 0 radical (unpaired) electrons. The van der Waals surface area contributed by atoms with Gasteiger partial charge in [0.15, 0.2) is 0 Å². The Labute approximate surface area is 224 Å². The zero-order chi connectivity index (χ0) is 27.4. The minimum atomic E-state index is -0.897. The zero-order valence-corrected chi connectivity index (χ0v) is 21.3. The Balaban J connectivity index is 1.62. The first kappa shape index (κ1) is 26.2. The number of esters is 1. The number of nitro groups is 1. The first-order valence-corrected chi connectivity index (χ1v) is 11.8. The Kier molecular flexibility index (Phi) is 7.58. The maximum absolute atomic E-state index is 13.2. The molecule has 0 aliphatic carbocycles. The SMILES string of the molecule is Cc1cccc(N2C(=O)NC(=O)/C(=C/c3cc(Br)ccc3OC(=O)/C=C/c3cccc([N+](=O)[O-])c3)C2=O)c1. The largest absolute Gasteiger partial charge is 0.423 e. The van der Waals surface area contributed by atoms with Gasteiger partial charge in [-0.1, -0.05) is 40.2 Å². The van der Waals surface area contributed by atoms with Crippen LogP contribution in [0.15, 0.2) is 82.9 Å². The van der Waals surface area contributed by atoms with Crippen LogP contribution in [0.25, 0.3) is 12.2 Å². The highest BCUT2D eigenvalue weighted by molar-refractivity contribution is 9.10. The van der Waals surface area contributed by atoms with Gasteiger partial charge in [-0.25, -0.2) is 14.5 Å². The van der Waals surface area contributed by atoms with E-state index in [1.807, 2.05) is 0 Å². The fourth-order valence-corrected chi connectivity index (χ4v) is 3.97. The summed E-state index contributed by atoms with van der Waals surface area (Å²) in [6.07, 6.45) is 3.68. The number of halogens is 1. The van der Waals surface area contributed by atoms with Crippen molar-refractivity contribution in [3.63, 3.8) is 0 Å². The molecule has 4 amide bonds. The number of nitro benzene ring substituents is 1. The predicted octanol–water partition coefficient (Wildman–Crippen LogP) is 4.95. The van der Waals surface area contributed by atoms with Crippen molar-refractivity contribution in [2.45, 2.75) is 6.92 Å². The monoisotopic (exact) mass is 575 g/mol. The van der Waals surface area contributed by atoms with E-state index in [1.165, 1.54) is 42.5 Å². The summed E-state index contributed by atoms with van der Waals surface area (Å²) in [7, 11) is 0. The van der Waals surface area contributed by atoms with Gasteiger partial charge < -0.3 is 4.74 Å². The first-order valence-electron chi connectivity index (χ1n) is 11.0. The molecule has 0 unspecified atom stereocenters. The number of carbonyl (C=O) groups is 4. The highest BCUT2D eigenvalue weighted by atomic mass is 79.9. The van der Waals surface area contributed by atoms with Gasteiger partial charge in [0.2, 0.25) is 0 Å². The molecule has 3 aromatic carbocycles. The molecule has 1 aliphatic heterocycles. The molecule has 0 saturated carbocycles. The van der Waals surface area contributed by atoms with E-state index in [2.05, 4.69) is 21.2 Å².